The molecule has 1 aromatic rings. The number of halogens is 1. The predicted molar refractivity (Wildman–Crippen MR) is 87.2 cm³/mol. The van der Waals surface area contributed by atoms with Crippen LogP contribution in [0.2, 0.25) is 0 Å². The van der Waals surface area contributed by atoms with Gasteiger partial charge in [-0.25, -0.2) is 0 Å². The second kappa shape index (κ2) is 6.77. The summed E-state index contributed by atoms with van der Waals surface area (Å²) in [7, 11) is 0. The first-order chi connectivity index (χ1) is 10.0. The predicted octanol–water partition coefficient (Wildman–Crippen LogP) is 3.58. The Bertz CT molecular complexity index is 580. The Labute approximate surface area is 136 Å². The van der Waals surface area contributed by atoms with Crippen molar-refractivity contribution in [2.45, 2.75) is 24.1 Å². The number of hydrogen-bond acceptors (Lipinski definition) is 5. The second-order valence-electron chi connectivity index (χ2n) is 5.09. The SMILES string of the molecule is CSC1(C#N)CCN(Cc2cccc([N+](=O)[O-])c2Br)CC1. The van der Waals surface area contributed by atoms with Crippen LogP contribution in [0.4, 0.5) is 5.69 Å². The average molecular weight is 370 g/mol. The van der Waals surface area contributed by atoms with Crippen molar-refractivity contribution < 1.29 is 4.92 Å². The highest BCUT2D eigenvalue weighted by Crippen LogP contribution is 2.35. The molecule has 0 aromatic heterocycles. The zero-order chi connectivity index (χ0) is 15.5. The number of piperidine rings is 1. The first kappa shape index (κ1) is 16.3. The lowest BCUT2D eigenvalue weighted by Gasteiger charge is -2.36. The van der Waals surface area contributed by atoms with Crippen molar-refractivity contribution in [3.63, 3.8) is 0 Å². The largest absolute Gasteiger partial charge is 0.299 e. The monoisotopic (exact) mass is 369 g/mol. The van der Waals surface area contributed by atoms with Gasteiger partial charge in [0.05, 0.1) is 15.5 Å². The molecule has 1 heterocycles. The molecule has 0 aliphatic carbocycles. The molecule has 1 aliphatic rings. The minimum atomic E-state index is -0.377. The molecule has 0 spiro atoms. The summed E-state index contributed by atoms with van der Waals surface area (Å²) in [4.78, 5) is 12.8. The van der Waals surface area contributed by atoms with E-state index < -0.39 is 0 Å². The smallest absolute Gasteiger partial charge is 0.283 e. The number of hydrogen-bond donors (Lipinski definition) is 0. The zero-order valence-electron chi connectivity index (χ0n) is 11.7. The summed E-state index contributed by atoms with van der Waals surface area (Å²) < 4.78 is 0.285. The molecule has 1 aliphatic heterocycles. The second-order valence-corrected chi connectivity index (χ2v) is 7.08. The van der Waals surface area contributed by atoms with E-state index in [4.69, 9.17) is 0 Å². The minimum Gasteiger partial charge on any atom is -0.299 e. The Kier molecular flexibility index (Phi) is 5.25. The molecule has 7 heteroatoms. The van der Waals surface area contributed by atoms with Gasteiger partial charge < -0.3 is 0 Å². The fraction of sp³-hybridized carbons (Fsp3) is 0.500. The molecular weight excluding hydrogens is 354 g/mol. The van der Waals surface area contributed by atoms with Crippen LogP contribution in [0, 0.1) is 21.4 Å². The molecule has 0 bridgehead atoms. The van der Waals surface area contributed by atoms with Crippen LogP contribution < -0.4 is 0 Å². The molecule has 1 fully saturated rings. The van der Waals surface area contributed by atoms with Gasteiger partial charge in [-0.1, -0.05) is 12.1 Å². The Balaban J connectivity index is 2.06. The van der Waals surface area contributed by atoms with E-state index in [1.807, 2.05) is 12.3 Å². The van der Waals surface area contributed by atoms with Crippen LogP contribution in [0.3, 0.4) is 0 Å². The van der Waals surface area contributed by atoms with Crippen molar-refractivity contribution in [3.05, 3.63) is 38.3 Å². The molecule has 1 aromatic carbocycles. The van der Waals surface area contributed by atoms with Gasteiger partial charge in [-0.05, 0) is 40.6 Å². The third kappa shape index (κ3) is 3.57. The van der Waals surface area contributed by atoms with Gasteiger partial charge in [-0.2, -0.15) is 5.26 Å². The quantitative estimate of drug-likeness (QED) is 0.599. The van der Waals surface area contributed by atoms with Crippen molar-refractivity contribution in [3.8, 4) is 6.07 Å². The van der Waals surface area contributed by atoms with Crippen molar-refractivity contribution in [1.82, 2.24) is 4.90 Å². The molecule has 0 radical (unpaired) electrons. The van der Waals surface area contributed by atoms with Crippen LogP contribution in [0.15, 0.2) is 22.7 Å². The number of nitro groups is 1. The van der Waals surface area contributed by atoms with Crippen molar-refractivity contribution in [1.29, 1.82) is 5.26 Å². The maximum atomic E-state index is 11.0. The average Bonchev–Trinajstić information content (AvgIpc) is 2.50. The first-order valence-corrected chi connectivity index (χ1v) is 8.63. The summed E-state index contributed by atoms with van der Waals surface area (Å²) in [5, 5.41) is 20.2. The van der Waals surface area contributed by atoms with Crippen LogP contribution in [0.5, 0.6) is 0 Å². The van der Waals surface area contributed by atoms with E-state index in [0.29, 0.717) is 11.0 Å². The van der Waals surface area contributed by atoms with E-state index in [2.05, 4.69) is 26.9 Å². The molecule has 0 N–H and O–H groups in total. The maximum absolute atomic E-state index is 11.0. The van der Waals surface area contributed by atoms with Crippen LogP contribution in [0.25, 0.3) is 0 Å². The van der Waals surface area contributed by atoms with Crippen molar-refractivity contribution in [2.75, 3.05) is 19.3 Å². The van der Waals surface area contributed by atoms with Crippen molar-refractivity contribution >= 4 is 33.4 Å². The number of rotatable bonds is 4. The number of nitro benzene ring substituents is 1. The first-order valence-electron chi connectivity index (χ1n) is 6.62. The van der Waals surface area contributed by atoms with E-state index in [9.17, 15) is 15.4 Å². The number of nitriles is 1. The van der Waals surface area contributed by atoms with Crippen LogP contribution >= 0.6 is 27.7 Å². The standard InChI is InChI=1S/C14H16BrN3O2S/c1-21-14(10-16)5-7-17(8-6-14)9-11-3-2-4-12(13(11)15)18(19)20/h2-4H,5-9H2,1H3. The lowest BCUT2D eigenvalue weighted by Crippen LogP contribution is -2.41. The highest BCUT2D eigenvalue weighted by atomic mass is 79.9. The zero-order valence-corrected chi connectivity index (χ0v) is 14.1. The van der Waals surface area contributed by atoms with Gasteiger partial charge in [-0.15, -0.1) is 11.8 Å². The molecule has 0 saturated carbocycles. The third-order valence-electron chi connectivity index (χ3n) is 3.91. The summed E-state index contributed by atoms with van der Waals surface area (Å²) in [6.07, 6.45) is 3.64. The van der Waals surface area contributed by atoms with E-state index >= 15 is 0 Å². The molecule has 5 nitrogen and oxygen atoms in total. The Morgan fingerprint density at radius 1 is 1.52 bits per heavy atom. The van der Waals surface area contributed by atoms with Gasteiger partial charge in [0.2, 0.25) is 0 Å². The summed E-state index contributed by atoms with van der Waals surface area (Å²) in [6.45, 7) is 2.34. The molecular formula is C14H16BrN3O2S. The fourth-order valence-electron chi connectivity index (χ4n) is 2.50. The molecule has 0 atom stereocenters. The number of benzene rings is 1. The van der Waals surface area contributed by atoms with Gasteiger partial charge in [0, 0.05) is 25.7 Å². The van der Waals surface area contributed by atoms with Crippen LogP contribution in [-0.2, 0) is 6.54 Å². The fourth-order valence-corrected chi connectivity index (χ4v) is 3.72. The lowest BCUT2D eigenvalue weighted by molar-refractivity contribution is -0.385. The highest BCUT2D eigenvalue weighted by Gasteiger charge is 2.34. The molecule has 0 amide bonds. The molecule has 1 saturated heterocycles. The summed E-state index contributed by atoms with van der Waals surface area (Å²) in [5.74, 6) is 0. The Hall–Kier alpha value is -1.10. The van der Waals surface area contributed by atoms with E-state index in [1.165, 1.54) is 6.07 Å². The summed E-state index contributed by atoms with van der Waals surface area (Å²) in [5.41, 5.74) is 1.01. The van der Waals surface area contributed by atoms with Gasteiger partial charge in [0.25, 0.3) is 5.69 Å². The van der Waals surface area contributed by atoms with E-state index in [0.717, 1.165) is 31.5 Å². The number of nitrogens with zero attached hydrogens (tertiary/aromatic N) is 3. The van der Waals surface area contributed by atoms with E-state index in [-0.39, 0.29) is 15.4 Å². The third-order valence-corrected chi connectivity index (χ3v) is 6.10. The van der Waals surface area contributed by atoms with Gasteiger partial charge >= 0.3 is 0 Å². The van der Waals surface area contributed by atoms with Gasteiger partial charge in [0.1, 0.15) is 4.75 Å². The van der Waals surface area contributed by atoms with Crippen molar-refractivity contribution in [2.24, 2.45) is 0 Å². The Morgan fingerprint density at radius 2 is 2.19 bits per heavy atom. The normalized spacial score (nSPS) is 18.1. The highest BCUT2D eigenvalue weighted by molar-refractivity contribution is 9.10. The molecule has 112 valence electrons. The topological polar surface area (TPSA) is 70.2 Å². The van der Waals surface area contributed by atoms with Crippen LogP contribution in [-0.4, -0.2) is 33.9 Å². The molecule has 2 rings (SSSR count). The maximum Gasteiger partial charge on any atom is 0.283 e. The van der Waals surface area contributed by atoms with E-state index in [1.54, 1.807) is 17.8 Å². The Morgan fingerprint density at radius 3 is 2.71 bits per heavy atom. The summed E-state index contributed by atoms with van der Waals surface area (Å²) >= 11 is 4.96. The molecule has 0 unspecified atom stereocenters. The van der Waals surface area contributed by atoms with Crippen LogP contribution in [0.1, 0.15) is 18.4 Å². The summed E-state index contributed by atoms with van der Waals surface area (Å²) in [6, 6.07) is 7.54. The number of likely N-dealkylation sites (tertiary alicyclic amines) is 1. The lowest BCUT2D eigenvalue weighted by atomic mass is 9.97. The number of thioether (sulfide) groups is 1. The van der Waals surface area contributed by atoms with Gasteiger partial charge in [-0.3, -0.25) is 15.0 Å². The van der Waals surface area contributed by atoms with Gasteiger partial charge in [0.15, 0.2) is 0 Å². The minimum absolute atomic E-state index is 0.0972. The molecule has 21 heavy (non-hydrogen) atoms.